The highest BCUT2D eigenvalue weighted by atomic mass is 32.1. The fourth-order valence-corrected chi connectivity index (χ4v) is 1.37. The van der Waals surface area contributed by atoms with Crippen LogP contribution in [0.4, 0.5) is 0 Å². The van der Waals surface area contributed by atoms with Gasteiger partial charge in [0.1, 0.15) is 0 Å². The zero-order chi connectivity index (χ0) is 8.97. The van der Waals surface area contributed by atoms with Gasteiger partial charge in [-0.3, -0.25) is 0 Å². The average Bonchev–Trinajstić information content (AvgIpc) is 2.52. The number of hydrogen-bond acceptors (Lipinski definition) is 5. The SMILES string of the molecule is CCOC(=O)c1ncc(CN)s1. The van der Waals surface area contributed by atoms with E-state index >= 15 is 0 Å². The zero-order valence-electron chi connectivity index (χ0n) is 6.74. The van der Waals surface area contributed by atoms with Crippen molar-refractivity contribution in [2.45, 2.75) is 13.5 Å². The van der Waals surface area contributed by atoms with Crippen LogP contribution in [0.15, 0.2) is 6.20 Å². The molecule has 0 amide bonds. The highest BCUT2D eigenvalue weighted by Crippen LogP contribution is 2.12. The van der Waals surface area contributed by atoms with Gasteiger partial charge in [-0.1, -0.05) is 0 Å². The van der Waals surface area contributed by atoms with E-state index in [0.29, 0.717) is 18.2 Å². The Bertz CT molecular complexity index is 272. The zero-order valence-corrected chi connectivity index (χ0v) is 7.56. The Kier molecular flexibility index (Phi) is 3.19. The van der Waals surface area contributed by atoms with Gasteiger partial charge >= 0.3 is 5.97 Å². The van der Waals surface area contributed by atoms with E-state index in [0.717, 1.165) is 4.88 Å². The normalized spacial score (nSPS) is 9.83. The molecule has 12 heavy (non-hydrogen) atoms. The van der Waals surface area contributed by atoms with E-state index in [1.54, 1.807) is 13.1 Å². The third-order valence-electron chi connectivity index (χ3n) is 1.20. The Labute approximate surface area is 74.4 Å². The van der Waals surface area contributed by atoms with E-state index in [2.05, 4.69) is 4.98 Å². The molecule has 1 aromatic heterocycles. The van der Waals surface area contributed by atoms with Crippen LogP contribution in [-0.4, -0.2) is 17.6 Å². The van der Waals surface area contributed by atoms with Gasteiger partial charge in [0.05, 0.1) is 6.61 Å². The van der Waals surface area contributed by atoms with Gasteiger partial charge in [-0.15, -0.1) is 11.3 Å². The van der Waals surface area contributed by atoms with Crippen LogP contribution < -0.4 is 5.73 Å². The van der Waals surface area contributed by atoms with E-state index in [-0.39, 0.29) is 5.97 Å². The second-order valence-electron chi connectivity index (χ2n) is 2.06. The van der Waals surface area contributed by atoms with Gasteiger partial charge in [-0.25, -0.2) is 9.78 Å². The Morgan fingerprint density at radius 2 is 2.58 bits per heavy atom. The fourth-order valence-electron chi connectivity index (χ4n) is 0.689. The first-order valence-corrected chi connectivity index (χ1v) is 4.41. The minimum atomic E-state index is -0.373. The van der Waals surface area contributed by atoms with Crippen LogP contribution in [0.1, 0.15) is 21.6 Å². The summed E-state index contributed by atoms with van der Waals surface area (Å²) >= 11 is 1.27. The van der Waals surface area contributed by atoms with Crippen LogP contribution in [0.2, 0.25) is 0 Å². The molecule has 66 valence electrons. The van der Waals surface area contributed by atoms with Crippen molar-refractivity contribution in [2.24, 2.45) is 5.73 Å². The smallest absolute Gasteiger partial charge is 0.367 e. The molecule has 0 unspecified atom stereocenters. The number of ether oxygens (including phenoxy) is 1. The van der Waals surface area contributed by atoms with E-state index < -0.39 is 0 Å². The van der Waals surface area contributed by atoms with Crippen molar-refractivity contribution in [1.29, 1.82) is 0 Å². The van der Waals surface area contributed by atoms with Gasteiger partial charge in [0.2, 0.25) is 5.01 Å². The van der Waals surface area contributed by atoms with Crippen molar-refractivity contribution in [3.05, 3.63) is 16.1 Å². The molecule has 0 bridgehead atoms. The van der Waals surface area contributed by atoms with Crippen molar-refractivity contribution in [3.63, 3.8) is 0 Å². The number of carbonyl (C=O) groups excluding carboxylic acids is 1. The highest BCUT2D eigenvalue weighted by molar-refractivity contribution is 7.13. The quantitative estimate of drug-likeness (QED) is 0.708. The minimum Gasteiger partial charge on any atom is -0.461 e. The predicted octanol–water partition coefficient (Wildman–Crippen LogP) is 0.779. The van der Waals surface area contributed by atoms with Gasteiger partial charge in [0, 0.05) is 17.6 Å². The number of carbonyl (C=O) groups is 1. The number of nitrogens with zero attached hydrogens (tertiary/aromatic N) is 1. The monoisotopic (exact) mass is 186 g/mol. The summed E-state index contributed by atoms with van der Waals surface area (Å²) in [5.41, 5.74) is 5.36. The van der Waals surface area contributed by atoms with Crippen LogP contribution in [-0.2, 0) is 11.3 Å². The number of hydrogen-bond donors (Lipinski definition) is 1. The summed E-state index contributed by atoms with van der Waals surface area (Å²) in [6, 6.07) is 0. The summed E-state index contributed by atoms with van der Waals surface area (Å²) in [5.74, 6) is -0.373. The van der Waals surface area contributed by atoms with E-state index in [9.17, 15) is 4.79 Å². The molecule has 2 N–H and O–H groups in total. The van der Waals surface area contributed by atoms with Crippen LogP contribution in [0, 0.1) is 0 Å². The topological polar surface area (TPSA) is 65.2 Å². The van der Waals surface area contributed by atoms with Gasteiger partial charge in [0.25, 0.3) is 0 Å². The molecule has 1 aromatic rings. The molecule has 0 aliphatic rings. The summed E-state index contributed by atoms with van der Waals surface area (Å²) in [6.07, 6.45) is 1.59. The molecule has 1 rings (SSSR count). The summed E-state index contributed by atoms with van der Waals surface area (Å²) < 4.78 is 4.75. The van der Waals surface area contributed by atoms with Crippen LogP contribution in [0.5, 0.6) is 0 Å². The molecule has 0 saturated carbocycles. The lowest BCUT2D eigenvalue weighted by Gasteiger charge is -1.94. The first-order chi connectivity index (χ1) is 5.77. The van der Waals surface area contributed by atoms with E-state index in [1.165, 1.54) is 11.3 Å². The summed E-state index contributed by atoms with van der Waals surface area (Å²) in [6.45, 7) is 2.54. The van der Waals surface area contributed by atoms with Gasteiger partial charge in [0.15, 0.2) is 0 Å². The van der Waals surface area contributed by atoms with Crippen molar-refractivity contribution in [1.82, 2.24) is 4.98 Å². The molecule has 4 nitrogen and oxygen atoms in total. The maximum atomic E-state index is 11.1. The van der Waals surface area contributed by atoms with Crippen molar-refractivity contribution in [2.75, 3.05) is 6.61 Å². The highest BCUT2D eigenvalue weighted by Gasteiger charge is 2.10. The predicted molar refractivity (Wildman–Crippen MR) is 46.0 cm³/mol. The Morgan fingerprint density at radius 1 is 1.83 bits per heavy atom. The minimum absolute atomic E-state index is 0.371. The van der Waals surface area contributed by atoms with Crippen LogP contribution in [0.3, 0.4) is 0 Å². The maximum Gasteiger partial charge on any atom is 0.367 e. The molecule has 0 saturated heterocycles. The van der Waals surface area contributed by atoms with Crippen LogP contribution >= 0.6 is 11.3 Å². The molecular weight excluding hydrogens is 176 g/mol. The molecule has 0 atom stereocenters. The second kappa shape index (κ2) is 4.18. The summed E-state index contributed by atoms with van der Waals surface area (Å²) in [5, 5.41) is 0.373. The second-order valence-corrected chi connectivity index (χ2v) is 3.17. The largest absolute Gasteiger partial charge is 0.461 e. The van der Waals surface area contributed by atoms with Crippen LogP contribution in [0.25, 0.3) is 0 Å². The fraction of sp³-hybridized carbons (Fsp3) is 0.429. The van der Waals surface area contributed by atoms with E-state index in [1.807, 2.05) is 0 Å². The first-order valence-electron chi connectivity index (χ1n) is 3.59. The van der Waals surface area contributed by atoms with Crippen molar-refractivity contribution >= 4 is 17.3 Å². The maximum absolute atomic E-state index is 11.1. The molecule has 1 heterocycles. The molecule has 0 spiro atoms. The lowest BCUT2D eigenvalue weighted by atomic mass is 10.6. The van der Waals surface area contributed by atoms with Crippen molar-refractivity contribution < 1.29 is 9.53 Å². The number of esters is 1. The number of rotatable bonds is 3. The molecule has 0 aliphatic carbocycles. The average molecular weight is 186 g/mol. The number of aromatic nitrogens is 1. The number of nitrogens with two attached hydrogens (primary N) is 1. The Balaban J connectivity index is 2.68. The van der Waals surface area contributed by atoms with Crippen molar-refractivity contribution in [3.8, 4) is 0 Å². The molecule has 0 fully saturated rings. The molecule has 0 aromatic carbocycles. The Hall–Kier alpha value is -0.940. The standard InChI is InChI=1S/C7H10N2O2S/c1-2-11-7(10)6-9-4-5(3-8)12-6/h4H,2-3,8H2,1H3. The summed E-state index contributed by atoms with van der Waals surface area (Å²) in [4.78, 5) is 15.8. The summed E-state index contributed by atoms with van der Waals surface area (Å²) in [7, 11) is 0. The molecule has 0 aliphatic heterocycles. The van der Waals surface area contributed by atoms with E-state index in [4.69, 9.17) is 10.5 Å². The third-order valence-corrected chi connectivity index (χ3v) is 2.20. The molecule has 5 heteroatoms. The van der Waals surface area contributed by atoms with Gasteiger partial charge in [-0.05, 0) is 6.92 Å². The Morgan fingerprint density at radius 3 is 3.08 bits per heavy atom. The number of thiazole rings is 1. The first kappa shape index (κ1) is 9.15. The third kappa shape index (κ3) is 2.02. The van der Waals surface area contributed by atoms with Gasteiger partial charge in [-0.2, -0.15) is 0 Å². The lowest BCUT2D eigenvalue weighted by Crippen LogP contribution is -2.03. The lowest BCUT2D eigenvalue weighted by molar-refractivity contribution is 0.0526. The molecular formula is C7H10N2O2S. The van der Waals surface area contributed by atoms with Gasteiger partial charge < -0.3 is 10.5 Å². The molecule has 0 radical (unpaired) electrons.